The van der Waals surface area contributed by atoms with Crippen LogP contribution in [0.15, 0.2) is 18.2 Å². The summed E-state index contributed by atoms with van der Waals surface area (Å²) in [5.41, 5.74) is 1.16. The van der Waals surface area contributed by atoms with E-state index in [0.29, 0.717) is 17.1 Å². The molecule has 1 unspecified atom stereocenters. The molecule has 1 aromatic rings. The van der Waals surface area contributed by atoms with Gasteiger partial charge in [0, 0.05) is 5.69 Å². The van der Waals surface area contributed by atoms with Crippen LogP contribution >= 0.6 is 0 Å². The third-order valence-corrected chi connectivity index (χ3v) is 2.37. The van der Waals surface area contributed by atoms with Gasteiger partial charge >= 0.3 is 5.97 Å². The van der Waals surface area contributed by atoms with Crippen LogP contribution in [0.2, 0.25) is 0 Å². The molecule has 17 heavy (non-hydrogen) atoms. The number of amides is 1. The van der Waals surface area contributed by atoms with E-state index in [-0.39, 0.29) is 12.5 Å². The summed E-state index contributed by atoms with van der Waals surface area (Å²) in [7, 11) is 0. The number of benzene rings is 1. The summed E-state index contributed by atoms with van der Waals surface area (Å²) in [4.78, 5) is 21.8. The largest absolute Gasteiger partial charge is 0.482 e. The zero-order chi connectivity index (χ0) is 12.4. The maximum absolute atomic E-state index is 11.1. The van der Waals surface area contributed by atoms with Gasteiger partial charge < -0.3 is 20.5 Å². The van der Waals surface area contributed by atoms with Crippen LogP contribution in [0, 0.1) is 0 Å². The Balaban J connectivity index is 2.18. The zero-order valence-electron chi connectivity index (χ0n) is 9.19. The third-order valence-electron chi connectivity index (χ3n) is 2.37. The summed E-state index contributed by atoms with van der Waals surface area (Å²) in [6.07, 6.45) is 0. The van der Waals surface area contributed by atoms with E-state index < -0.39 is 12.0 Å². The second-order valence-corrected chi connectivity index (χ2v) is 3.75. The van der Waals surface area contributed by atoms with E-state index >= 15 is 0 Å². The molecule has 0 spiro atoms. The standard InChI is InChI=1S/C11H12N2O4/c1-6(11(15)16)12-7-2-3-9-8(4-7)13-10(14)5-17-9/h2-4,6,12H,5H2,1H3,(H,13,14)(H,15,16). The molecule has 6 heteroatoms. The number of ether oxygens (including phenoxy) is 1. The van der Waals surface area contributed by atoms with Gasteiger partial charge in [0.25, 0.3) is 5.91 Å². The van der Waals surface area contributed by atoms with Crippen LogP contribution in [0.3, 0.4) is 0 Å². The number of carbonyl (C=O) groups is 2. The Hall–Kier alpha value is -2.24. The SMILES string of the molecule is CC(Nc1ccc2c(c1)NC(=O)CO2)C(=O)O. The summed E-state index contributed by atoms with van der Waals surface area (Å²) in [5.74, 6) is -0.581. The molecule has 90 valence electrons. The fourth-order valence-corrected chi connectivity index (χ4v) is 1.48. The second kappa shape index (κ2) is 4.32. The van der Waals surface area contributed by atoms with E-state index in [0.717, 1.165) is 0 Å². The molecule has 1 atom stereocenters. The van der Waals surface area contributed by atoms with Crippen LogP contribution in [0.25, 0.3) is 0 Å². The van der Waals surface area contributed by atoms with E-state index in [2.05, 4.69) is 10.6 Å². The first-order valence-electron chi connectivity index (χ1n) is 5.12. The van der Waals surface area contributed by atoms with Gasteiger partial charge in [-0.05, 0) is 25.1 Å². The molecule has 0 aromatic heterocycles. The van der Waals surface area contributed by atoms with Crippen molar-refractivity contribution in [2.45, 2.75) is 13.0 Å². The topological polar surface area (TPSA) is 87.7 Å². The van der Waals surface area contributed by atoms with Crippen molar-refractivity contribution in [2.75, 3.05) is 17.2 Å². The van der Waals surface area contributed by atoms with Crippen molar-refractivity contribution in [3.63, 3.8) is 0 Å². The molecule has 0 saturated heterocycles. The smallest absolute Gasteiger partial charge is 0.325 e. The van der Waals surface area contributed by atoms with E-state index in [4.69, 9.17) is 9.84 Å². The summed E-state index contributed by atoms with van der Waals surface area (Å²) in [6.45, 7) is 1.54. The van der Waals surface area contributed by atoms with Crippen molar-refractivity contribution in [3.05, 3.63) is 18.2 Å². The average molecular weight is 236 g/mol. The van der Waals surface area contributed by atoms with Crippen molar-refractivity contribution in [1.29, 1.82) is 0 Å². The van der Waals surface area contributed by atoms with E-state index in [1.807, 2.05) is 0 Å². The number of rotatable bonds is 3. The monoisotopic (exact) mass is 236 g/mol. The van der Waals surface area contributed by atoms with Gasteiger partial charge in [-0.3, -0.25) is 9.59 Å². The predicted octanol–water partition coefficient (Wildman–Crippen LogP) is 0.902. The molecule has 1 heterocycles. The summed E-state index contributed by atoms with van der Waals surface area (Å²) in [6, 6.07) is 4.33. The lowest BCUT2D eigenvalue weighted by molar-refractivity contribution is -0.137. The molecule has 0 fully saturated rings. The summed E-state index contributed by atoms with van der Waals surface area (Å²) < 4.78 is 5.19. The highest BCUT2D eigenvalue weighted by Crippen LogP contribution is 2.30. The lowest BCUT2D eigenvalue weighted by Crippen LogP contribution is -2.27. The van der Waals surface area contributed by atoms with Gasteiger partial charge in [0.05, 0.1) is 5.69 Å². The van der Waals surface area contributed by atoms with Crippen molar-refractivity contribution < 1.29 is 19.4 Å². The van der Waals surface area contributed by atoms with Crippen LogP contribution < -0.4 is 15.4 Å². The Bertz CT molecular complexity index is 473. The zero-order valence-corrected chi connectivity index (χ0v) is 9.19. The number of fused-ring (bicyclic) bond motifs is 1. The first kappa shape index (κ1) is 11.3. The van der Waals surface area contributed by atoms with Gasteiger partial charge in [-0.15, -0.1) is 0 Å². The minimum absolute atomic E-state index is 0.00526. The molecule has 0 saturated carbocycles. The van der Waals surface area contributed by atoms with Gasteiger partial charge in [-0.1, -0.05) is 0 Å². The van der Waals surface area contributed by atoms with Crippen LogP contribution in [0.4, 0.5) is 11.4 Å². The lowest BCUT2D eigenvalue weighted by atomic mass is 10.2. The number of nitrogens with one attached hydrogen (secondary N) is 2. The van der Waals surface area contributed by atoms with Crippen molar-refractivity contribution in [1.82, 2.24) is 0 Å². The normalized spacial score (nSPS) is 15.2. The summed E-state index contributed by atoms with van der Waals surface area (Å²) in [5, 5.41) is 14.2. The first-order valence-corrected chi connectivity index (χ1v) is 5.12. The van der Waals surface area contributed by atoms with Gasteiger partial charge in [0.15, 0.2) is 6.61 Å². The highest BCUT2D eigenvalue weighted by Gasteiger charge is 2.17. The molecule has 0 radical (unpaired) electrons. The minimum atomic E-state index is -0.942. The van der Waals surface area contributed by atoms with Crippen molar-refractivity contribution in [3.8, 4) is 5.75 Å². The fourth-order valence-electron chi connectivity index (χ4n) is 1.48. The van der Waals surface area contributed by atoms with Crippen LogP contribution in [0.1, 0.15) is 6.92 Å². The molecule has 1 aliphatic rings. The van der Waals surface area contributed by atoms with Gasteiger partial charge in [0.2, 0.25) is 0 Å². The quantitative estimate of drug-likeness (QED) is 0.725. The van der Waals surface area contributed by atoms with Crippen LogP contribution in [-0.2, 0) is 9.59 Å². The molecule has 0 aliphatic carbocycles. The van der Waals surface area contributed by atoms with Crippen molar-refractivity contribution in [2.24, 2.45) is 0 Å². The molecule has 1 aliphatic heterocycles. The number of hydrogen-bond donors (Lipinski definition) is 3. The van der Waals surface area contributed by atoms with Gasteiger partial charge in [-0.25, -0.2) is 0 Å². The number of carboxylic acids is 1. The predicted molar refractivity (Wildman–Crippen MR) is 61.3 cm³/mol. The average Bonchev–Trinajstić information content (AvgIpc) is 2.28. The van der Waals surface area contributed by atoms with Crippen LogP contribution in [-0.4, -0.2) is 29.6 Å². The number of anilines is 2. The number of aliphatic carboxylic acids is 1. The lowest BCUT2D eigenvalue weighted by Gasteiger charge is -2.19. The van der Waals surface area contributed by atoms with E-state index in [1.54, 1.807) is 18.2 Å². The maximum atomic E-state index is 11.1. The number of carbonyl (C=O) groups excluding carboxylic acids is 1. The second-order valence-electron chi connectivity index (χ2n) is 3.75. The molecule has 6 nitrogen and oxygen atoms in total. The molecule has 1 amide bonds. The molecular formula is C11H12N2O4. The van der Waals surface area contributed by atoms with Gasteiger partial charge in [-0.2, -0.15) is 0 Å². The molecule has 3 N–H and O–H groups in total. The Morgan fingerprint density at radius 2 is 2.35 bits per heavy atom. The Morgan fingerprint density at radius 3 is 3.06 bits per heavy atom. The molecule has 2 rings (SSSR count). The molecule has 0 bridgehead atoms. The first-order chi connectivity index (χ1) is 8.06. The van der Waals surface area contributed by atoms with E-state index in [9.17, 15) is 9.59 Å². The highest BCUT2D eigenvalue weighted by molar-refractivity contribution is 5.96. The Morgan fingerprint density at radius 1 is 1.59 bits per heavy atom. The molecular weight excluding hydrogens is 224 g/mol. The Kier molecular flexibility index (Phi) is 2.86. The van der Waals surface area contributed by atoms with Crippen LogP contribution in [0.5, 0.6) is 5.75 Å². The third kappa shape index (κ3) is 2.47. The molecule has 1 aromatic carbocycles. The maximum Gasteiger partial charge on any atom is 0.325 e. The number of hydrogen-bond acceptors (Lipinski definition) is 4. The highest BCUT2D eigenvalue weighted by atomic mass is 16.5. The van der Waals surface area contributed by atoms with E-state index in [1.165, 1.54) is 6.92 Å². The minimum Gasteiger partial charge on any atom is -0.482 e. The summed E-state index contributed by atoms with van der Waals surface area (Å²) >= 11 is 0. The van der Waals surface area contributed by atoms with Crippen molar-refractivity contribution >= 4 is 23.3 Å². The Labute approximate surface area is 97.6 Å². The van der Waals surface area contributed by atoms with Gasteiger partial charge in [0.1, 0.15) is 11.8 Å². The number of carboxylic acid groups (broad SMARTS) is 1. The fraction of sp³-hybridized carbons (Fsp3) is 0.273.